The van der Waals surface area contributed by atoms with Crippen LogP contribution in [0.15, 0.2) is 18.2 Å². The molecule has 0 unspecified atom stereocenters. The minimum absolute atomic E-state index is 0. The number of hydrogen-bond donors (Lipinski definition) is 2. The predicted molar refractivity (Wildman–Crippen MR) is 56.2 cm³/mol. The largest absolute Gasteiger partial charge is 0.506 e. The number of methoxy groups -OCH3 is 1. The summed E-state index contributed by atoms with van der Waals surface area (Å²) in [6, 6.07) is 4.47. The van der Waals surface area contributed by atoms with Gasteiger partial charge >= 0.3 is 5.97 Å². The predicted octanol–water partition coefficient (Wildman–Crippen LogP) is 1.64. The standard InChI is InChI=1S/C9H11NO3.ClH/c1-10-7-5-6(9(12)13-2)3-4-8(7)11;/h3-5,10-11H,1-2H3;1H. The maximum Gasteiger partial charge on any atom is 0.337 e. The molecule has 0 atom stereocenters. The van der Waals surface area contributed by atoms with E-state index in [1.165, 1.54) is 25.3 Å². The van der Waals surface area contributed by atoms with E-state index in [0.29, 0.717) is 11.3 Å². The van der Waals surface area contributed by atoms with Gasteiger partial charge in [0.15, 0.2) is 0 Å². The molecule has 14 heavy (non-hydrogen) atoms. The zero-order chi connectivity index (χ0) is 9.84. The number of nitrogens with one attached hydrogen (secondary N) is 1. The lowest BCUT2D eigenvalue weighted by atomic mass is 10.2. The highest BCUT2D eigenvalue weighted by Gasteiger charge is 2.07. The van der Waals surface area contributed by atoms with Gasteiger partial charge in [0, 0.05) is 7.05 Å². The van der Waals surface area contributed by atoms with Crippen molar-refractivity contribution in [2.75, 3.05) is 19.5 Å². The maximum absolute atomic E-state index is 11.1. The monoisotopic (exact) mass is 217 g/mol. The third-order valence-corrected chi connectivity index (χ3v) is 1.69. The third kappa shape index (κ3) is 2.53. The summed E-state index contributed by atoms with van der Waals surface area (Å²) in [5.74, 6) is -0.313. The van der Waals surface area contributed by atoms with Gasteiger partial charge in [-0.1, -0.05) is 0 Å². The molecule has 0 radical (unpaired) electrons. The molecule has 78 valence electrons. The molecule has 0 aliphatic heterocycles. The van der Waals surface area contributed by atoms with Crippen molar-refractivity contribution in [1.82, 2.24) is 0 Å². The smallest absolute Gasteiger partial charge is 0.337 e. The first-order chi connectivity index (χ1) is 6.19. The Labute approximate surface area is 88.3 Å². The third-order valence-electron chi connectivity index (χ3n) is 1.69. The van der Waals surface area contributed by atoms with Crippen LogP contribution >= 0.6 is 12.4 Å². The maximum atomic E-state index is 11.1. The zero-order valence-corrected chi connectivity index (χ0v) is 8.72. The highest BCUT2D eigenvalue weighted by atomic mass is 35.5. The van der Waals surface area contributed by atoms with Crippen molar-refractivity contribution in [3.05, 3.63) is 23.8 Å². The van der Waals surface area contributed by atoms with Gasteiger partial charge in [-0.05, 0) is 18.2 Å². The van der Waals surface area contributed by atoms with Gasteiger partial charge in [0.25, 0.3) is 0 Å². The zero-order valence-electron chi connectivity index (χ0n) is 7.90. The lowest BCUT2D eigenvalue weighted by Gasteiger charge is -2.05. The Morgan fingerprint density at radius 3 is 2.64 bits per heavy atom. The van der Waals surface area contributed by atoms with Gasteiger partial charge in [-0.15, -0.1) is 12.4 Å². The molecule has 1 rings (SSSR count). The van der Waals surface area contributed by atoms with Crippen molar-refractivity contribution >= 4 is 24.1 Å². The first kappa shape index (κ1) is 12.6. The van der Waals surface area contributed by atoms with Gasteiger partial charge in [-0.3, -0.25) is 0 Å². The fraction of sp³-hybridized carbons (Fsp3) is 0.222. The van der Waals surface area contributed by atoms with Crippen LogP contribution < -0.4 is 5.32 Å². The number of hydrogen-bond acceptors (Lipinski definition) is 4. The summed E-state index contributed by atoms with van der Waals surface area (Å²) in [6.07, 6.45) is 0. The van der Waals surface area contributed by atoms with Crippen molar-refractivity contribution in [3.8, 4) is 5.75 Å². The molecular formula is C9H12ClNO3. The minimum atomic E-state index is -0.420. The fourth-order valence-electron chi connectivity index (χ4n) is 0.981. The number of rotatable bonds is 2. The Kier molecular flexibility index (Phi) is 4.80. The molecule has 5 heteroatoms. The van der Waals surface area contributed by atoms with Gasteiger partial charge in [0.2, 0.25) is 0 Å². The Morgan fingerprint density at radius 1 is 1.50 bits per heavy atom. The van der Waals surface area contributed by atoms with Gasteiger partial charge in [-0.2, -0.15) is 0 Å². The van der Waals surface area contributed by atoms with Crippen LogP contribution in [0.3, 0.4) is 0 Å². The molecule has 1 aromatic rings. The van der Waals surface area contributed by atoms with Crippen LogP contribution in [-0.2, 0) is 4.74 Å². The second-order valence-corrected chi connectivity index (χ2v) is 2.47. The normalized spacial score (nSPS) is 8.71. The summed E-state index contributed by atoms with van der Waals surface area (Å²) in [7, 11) is 2.98. The molecule has 0 spiro atoms. The average Bonchev–Trinajstić information content (AvgIpc) is 2.17. The molecule has 4 nitrogen and oxygen atoms in total. The van der Waals surface area contributed by atoms with E-state index in [0.717, 1.165) is 0 Å². The molecule has 0 aliphatic carbocycles. The number of carbonyl (C=O) groups is 1. The van der Waals surface area contributed by atoms with E-state index in [1.807, 2.05) is 0 Å². The van der Waals surface area contributed by atoms with E-state index in [2.05, 4.69) is 10.1 Å². The van der Waals surface area contributed by atoms with Crippen LogP contribution in [0.1, 0.15) is 10.4 Å². The molecule has 0 heterocycles. The van der Waals surface area contributed by atoms with Crippen LogP contribution in [0.2, 0.25) is 0 Å². The van der Waals surface area contributed by atoms with E-state index in [1.54, 1.807) is 7.05 Å². The van der Waals surface area contributed by atoms with Crippen molar-refractivity contribution < 1.29 is 14.6 Å². The number of anilines is 1. The summed E-state index contributed by atoms with van der Waals surface area (Å²) in [5.41, 5.74) is 0.910. The van der Waals surface area contributed by atoms with Crippen molar-refractivity contribution in [2.24, 2.45) is 0 Å². The van der Waals surface area contributed by atoms with E-state index >= 15 is 0 Å². The second kappa shape index (κ2) is 5.34. The van der Waals surface area contributed by atoms with E-state index in [4.69, 9.17) is 0 Å². The molecule has 0 saturated carbocycles. The molecular weight excluding hydrogens is 206 g/mol. The van der Waals surface area contributed by atoms with Crippen molar-refractivity contribution in [1.29, 1.82) is 0 Å². The molecule has 1 aromatic carbocycles. The molecule has 0 aromatic heterocycles. The highest BCUT2D eigenvalue weighted by molar-refractivity contribution is 5.91. The van der Waals surface area contributed by atoms with E-state index < -0.39 is 5.97 Å². The quantitative estimate of drug-likeness (QED) is 0.584. The van der Waals surface area contributed by atoms with Gasteiger partial charge in [0.05, 0.1) is 18.4 Å². The van der Waals surface area contributed by atoms with Crippen LogP contribution in [0.5, 0.6) is 5.75 Å². The number of benzene rings is 1. The number of phenols is 1. The van der Waals surface area contributed by atoms with Crippen molar-refractivity contribution in [3.63, 3.8) is 0 Å². The number of esters is 1. The number of ether oxygens (including phenoxy) is 1. The molecule has 0 aliphatic rings. The Hall–Kier alpha value is -1.42. The second-order valence-electron chi connectivity index (χ2n) is 2.47. The number of aromatic hydroxyl groups is 1. The van der Waals surface area contributed by atoms with Crippen LogP contribution in [0, 0.1) is 0 Å². The molecule has 0 fully saturated rings. The summed E-state index contributed by atoms with van der Waals surface area (Å²) < 4.78 is 4.53. The highest BCUT2D eigenvalue weighted by Crippen LogP contribution is 2.23. The Balaban J connectivity index is 0.00000169. The Morgan fingerprint density at radius 2 is 2.14 bits per heavy atom. The van der Waals surface area contributed by atoms with Crippen LogP contribution in [0.4, 0.5) is 5.69 Å². The van der Waals surface area contributed by atoms with Gasteiger partial charge < -0.3 is 15.2 Å². The SMILES string of the molecule is CNc1cc(C(=O)OC)ccc1O.Cl. The lowest BCUT2D eigenvalue weighted by Crippen LogP contribution is -2.01. The van der Waals surface area contributed by atoms with Crippen molar-refractivity contribution in [2.45, 2.75) is 0 Å². The topological polar surface area (TPSA) is 58.6 Å². The average molecular weight is 218 g/mol. The fourth-order valence-corrected chi connectivity index (χ4v) is 0.981. The lowest BCUT2D eigenvalue weighted by molar-refractivity contribution is 0.0601. The van der Waals surface area contributed by atoms with E-state index in [9.17, 15) is 9.90 Å². The van der Waals surface area contributed by atoms with Gasteiger partial charge in [0.1, 0.15) is 5.75 Å². The molecule has 0 saturated heterocycles. The van der Waals surface area contributed by atoms with Crippen LogP contribution in [0.25, 0.3) is 0 Å². The molecule has 0 bridgehead atoms. The number of phenolic OH excluding ortho intramolecular Hbond substituents is 1. The number of halogens is 1. The van der Waals surface area contributed by atoms with Crippen LogP contribution in [-0.4, -0.2) is 25.2 Å². The first-order valence-corrected chi connectivity index (χ1v) is 3.78. The number of carbonyl (C=O) groups excluding carboxylic acids is 1. The van der Waals surface area contributed by atoms with E-state index in [-0.39, 0.29) is 18.2 Å². The minimum Gasteiger partial charge on any atom is -0.506 e. The molecule has 2 N–H and O–H groups in total. The first-order valence-electron chi connectivity index (χ1n) is 3.78. The molecule has 0 amide bonds. The summed E-state index contributed by atoms with van der Waals surface area (Å²) in [5, 5.41) is 12.0. The Bertz CT molecular complexity index is 328. The summed E-state index contributed by atoms with van der Waals surface area (Å²) in [6.45, 7) is 0. The van der Waals surface area contributed by atoms with Gasteiger partial charge in [-0.25, -0.2) is 4.79 Å². The summed E-state index contributed by atoms with van der Waals surface area (Å²) in [4.78, 5) is 11.1. The summed E-state index contributed by atoms with van der Waals surface area (Å²) >= 11 is 0.